The summed E-state index contributed by atoms with van der Waals surface area (Å²) in [6, 6.07) is 2.82. The van der Waals surface area contributed by atoms with Gasteiger partial charge in [-0.3, -0.25) is 4.79 Å². The lowest BCUT2D eigenvalue weighted by Gasteiger charge is -2.30. The molecule has 2 rings (SSSR count). The first-order valence-electron chi connectivity index (χ1n) is 8.24. The van der Waals surface area contributed by atoms with Crippen molar-refractivity contribution in [2.75, 3.05) is 17.5 Å². The number of aliphatic hydroxyl groups excluding tert-OH is 1. The highest BCUT2D eigenvalue weighted by molar-refractivity contribution is 7.94. The highest BCUT2D eigenvalue weighted by Gasteiger charge is 2.42. The lowest BCUT2D eigenvalue weighted by Crippen LogP contribution is -2.46. The van der Waals surface area contributed by atoms with E-state index in [1.165, 1.54) is 6.08 Å². The molecule has 1 aliphatic rings. The number of halogens is 2. The van der Waals surface area contributed by atoms with Crippen molar-refractivity contribution in [2.24, 2.45) is 0 Å². The second-order valence-electron chi connectivity index (χ2n) is 5.76. The number of carbonyl (C=O) groups excluding carboxylic acids is 2. The van der Waals surface area contributed by atoms with Crippen LogP contribution in [-0.2, 0) is 24.3 Å². The van der Waals surface area contributed by atoms with Crippen LogP contribution >= 0.6 is 11.6 Å². The lowest BCUT2D eigenvalue weighted by molar-refractivity contribution is -0.138. The van der Waals surface area contributed by atoms with Crippen LogP contribution in [0.2, 0.25) is 5.02 Å². The van der Waals surface area contributed by atoms with Gasteiger partial charge in [-0.2, -0.15) is 0 Å². The molecule has 1 aromatic carbocycles. The van der Waals surface area contributed by atoms with Gasteiger partial charge in [0.25, 0.3) is 5.91 Å². The number of aliphatic hydroxyl groups is 1. The number of hydrogen-bond acceptors (Lipinski definition) is 6. The third-order valence-electron chi connectivity index (χ3n) is 4.00. The maximum absolute atomic E-state index is 13.3. The van der Waals surface area contributed by atoms with Gasteiger partial charge >= 0.3 is 5.97 Å². The number of hydrogen-bond donors (Lipinski definition) is 1. The van der Waals surface area contributed by atoms with Gasteiger partial charge in [0.1, 0.15) is 17.7 Å². The van der Waals surface area contributed by atoms with E-state index in [1.807, 2.05) is 0 Å². The van der Waals surface area contributed by atoms with Crippen molar-refractivity contribution in [3.63, 3.8) is 0 Å². The van der Waals surface area contributed by atoms with Gasteiger partial charge in [0, 0.05) is 0 Å². The van der Waals surface area contributed by atoms with Gasteiger partial charge in [0.2, 0.25) is 10.0 Å². The molecular formula is C17H19ClFNO6S. The van der Waals surface area contributed by atoms with Crippen molar-refractivity contribution in [3.8, 4) is 0 Å². The summed E-state index contributed by atoms with van der Waals surface area (Å²) in [5.74, 6) is -2.67. The summed E-state index contributed by atoms with van der Waals surface area (Å²) in [5.41, 5.74) is -0.372. The van der Waals surface area contributed by atoms with Crippen molar-refractivity contribution >= 4 is 39.2 Å². The summed E-state index contributed by atoms with van der Waals surface area (Å²) >= 11 is 5.93. The van der Waals surface area contributed by atoms with Crippen LogP contribution in [-0.4, -0.2) is 43.9 Å². The van der Waals surface area contributed by atoms with Crippen molar-refractivity contribution in [1.82, 2.24) is 0 Å². The van der Waals surface area contributed by atoms with E-state index in [1.54, 1.807) is 6.92 Å². The molecule has 0 saturated carbocycles. The number of allylic oxidation sites excluding steroid dienone is 1. The van der Waals surface area contributed by atoms with Gasteiger partial charge in [0.05, 0.1) is 22.9 Å². The molecule has 1 N–H and O–H groups in total. The van der Waals surface area contributed by atoms with Crippen LogP contribution in [0.5, 0.6) is 0 Å². The molecule has 0 radical (unpaired) electrons. The summed E-state index contributed by atoms with van der Waals surface area (Å²) < 4.78 is 45.1. The first kappa shape index (κ1) is 21.3. The molecular weight excluding hydrogens is 401 g/mol. The number of carbonyl (C=O) groups is 2. The molecule has 1 unspecified atom stereocenters. The van der Waals surface area contributed by atoms with E-state index < -0.39 is 39.6 Å². The Kier molecular flexibility index (Phi) is 6.96. The molecule has 27 heavy (non-hydrogen) atoms. The number of esters is 1. The highest BCUT2D eigenvalue weighted by Crippen LogP contribution is 2.34. The number of anilines is 1. The molecule has 10 heteroatoms. The number of benzene rings is 1. The smallest absolute Gasteiger partial charge is 0.335 e. The average molecular weight is 420 g/mol. The quantitative estimate of drug-likeness (QED) is 0.709. The summed E-state index contributed by atoms with van der Waals surface area (Å²) in [6.45, 7) is 0.537. The monoisotopic (exact) mass is 419 g/mol. The molecule has 1 atom stereocenters. The van der Waals surface area contributed by atoms with Crippen molar-refractivity contribution in [1.29, 1.82) is 0 Å². The van der Waals surface area contributed by atoms with Crippen molar-refractivity contribution in [2.45, 2.75) is 31.4 Å². The van der Waals surface area contributed by atoms with E-state index in [2.05, 4.69) is 0 Å². The molecule has 0 bridgehead atoms. The molecule has 0 aromatic heterocycles. The van der Waals surface area contributed by atoms with E-state index in [0.717, 1.165) is 18.2 Å². The van der Waals surface area contributed by atoms with Crippen LogP contribution in [0.3, 0.4) is 0 Å². The predicted octanol–water partition coefficient (Wildman–Crippen LogP) is 2.18. The summed E-state index contributed by atoms with van der Waals surface area (Å²) in [6.07, 6.45) is 2.52. The van der Waals surface area contributed by atoms with E-state index in [0.29, 0.717) is 17.1 Å². The third-order valence-corrected chi connectivity index (χ3v) is 6.42. The Morgan fingerprint density at radius 3 is 2.70 bits per heavy atom. The Bertz CT molecular complexity index is 870. The van der Waals surface area contributed by atoms with Crippen LogP contribution in [0.1, 0.15) is 26.2 Å². The van der Waals surface area contributed by atoms with Crippen LogP contribution < -0.4 is 4.31 Å². The zero-order chi connectivity index (χ0) is 20.2. The van der Waals surface area contributed by atoms with Gasteiger partial charge < -0.3 is 9.84 Å². The number of sulfonamides is 1. The van der Waals surface area contributed by atoms with Crippen molar-refractivity contribution in [3.05, 3.63) is 40.7 Å². The normalized spacial score (nSPS) is 17.2. The molecule has 0 fully saturated rings. The fraction of sp³-hybridized carbons (Fsp3) is 0.412. The second kappa shape index (κ2) is 8.81. The SMILES string of the molecule is CCOC(=O)C1=CCCCC1S(=O)(=O)N(C(=O)CO)c1ccc(F)cc1Cl. The lowest BCUT2D eigenvalue weighted by atomic mass is 9.99. The van der Waals surface area contributed by atoms with Gasteiger partial charge in [-0.25, -0.2) is 21.9 Å². The van der Waals surface area contributed by atoms with E-state index >= 15 is 0 Å². The molecule has 0 heterocycles. The standard InChI is InChI=1S/C17H19ClFNO6S/c1-2-26-17(23)12-5-3-4-6-15(12)27(24,25)20(16(22)10-21)14-8-7-11(19)9-13(14)18/h5,7-9,15,21H,2-4,6,10H2,1H3. The minimum Gasteiger partial charge on any atom is -0.463 e. The summed E-state index contributed by atoms with van der Waals surface area (Å²) in [5, 5.41) is 7.59. The van der Waals surface area contributed by atoms with Crippen LogP contribution in [0.15, 0.2) is 29.8 Å². The van der Waals surface area contributed by atoms with Crippen molar-refractivity contribution < 1.29 is 32.2 Å². The van der Waals surface area contributed by atoms with Gasteiger partial charge in [-0.15, -0.1) is 0 Å². The molecule has 148 valence electrons. The minimum absolute atomic E-state index is 0.0615. The molecule has 1 amide bonds. The minimum atomic E-state index is -4.49. The van der Waals surface area contributed by atoms with E-state index in [4.69, 9.17) is 16.3 Å². The molecule has 0 saturated heterocycles. The summed E-state index contributed by atoms with van der Waals surface area (Å²) in [7, 11) is -4.49. The topological polar surface area (TPSA) is 101 Å². The number of nitrogens with zero attached hydrogens (tertiary/aromatic N) is 1. The first-order valence-corrected chi connectivity index (χ1v) is 10.1. The number of ether oxygens (including phenoxy) is 1. The fourth-order valence-corrected chi connectivity index (χ4v) is 5.15. The zero-order valence-corrected chi connectivity index (χ0v) is 16.1. The molecule has 1 aromatic rings. The van der Waals surface area contributed by atoms with E-state index in [-0.39, 0.29) is 29.3 Å². The Hall–Kier alpha value is -1.97. The number of amides is 1. The van der Waals surface area contributed by atoms with Gasteiger partial charge in [0.15, 0.2) is 0 Å². The number of rotatable bonds is 6. The molecule has 7 nitrogen and oxygen atoms in total. The van der Waals surface area contributed by atoms with Gasteiger partial charge in [-0.1, -0.05) is 17.7 Å². The van der Waals surface area contributed by atoms with Crippen LogP contribution in [0.25, 0.3) is 0 Å². The third kappa shape index (κ3) is 4.48. The highest BCUT2D eigenvalue weighted by atomic mass is 35.5. The Labute approximate surface area is 161 Å². The van der Waals surface area contributed by atoms with E-state index in [9.17, 15) is 27.5 Å². The maximum Gasteiger partial charge on any atom is 0.335 e. The van der Waals surface area contributed by atoms with Crippen LogP contribution in [0.4, 0.5) is 10.1 Å². The zero-order valence-electron chi connectivity index (χ0n) is 14.5. The van der Waals surface area contributed by atoms with Gasteiger partial charge in [-0.05, 0) is 44.4 Å². The largest absolute Gasteiger partial charge is 0.463 e. The molecule has 1 aliphatic carbocycles. The van der Waals surface area contributed by atoms with Crippen LogP contribution in [0, 0.1) is 5.82 Å². The fourth-order valence-electron chi connectivity index (χ4n) is 2.84. The Morgan fingerprint density at radius 1 is 1.41 bits per heavy atom. The first-order chi connectivity index (χ1) is 12.7. The maximum atomic E-state index is 13.3. The molecule has 0 spiro atoms. The summed E-state index contributed by atoms with van der Waals surface area (Å²) in [4.78, 5) is 24.4. The average Bonchev–Trinajstić information content (AvgIpc) is 2.63. The second-order valence-corrected chi connectivity index (χ2v) is 8.13. The predicted molar refractivity (Wildman–Crippen MR) is 97.3 cm³/mol. The Balaban J connectivity index is 2.56. The molecule has 0 aliphatic heterocycles. The Morgan fingerprint density at radius 2 is 2.11 bits per heavy atom.